The quantitative estimate of drug-likeness (QED) is 0.273. The first kappa shape index (κ1) is 22.9. The van der Waals surface area contributed by atoms with E-state index in [4.69, 9.17) is 0 Å². The van der Waals surface area contributed by atoms with Crippen LogP contribution in [0, 0.1) is 47.6 Å². The van der Waals surface area contributed by atoms with Crippen LogP contribution in [0.2, 0.25) is 0 Å². The van der Waals surface area contributed by atoms with E-state index in [1.165, 1.54) is 24.3 Å². The van der Waals surface area contributed by atoms with Crippen molar-refractivity contribution in [3.05, 3.63) is 74.8 Å². The van der Waals surface area contributed by atoms with Crippen LogP contribution in [-0.4, -0.2) is 45.0 Å². The Balaban J connectivity index is 1.50. The van der Waals surface area contributed by atoms with Gasteiger partial charge in [0, 0.05) is 23.3 Å². The molecule has 9 nitrogen and oxygen atoms in total. The van der Waals surface area contributed by atoms with E-state index in [1.807, 2.05) is 13.8 Å². The molecule has 1 saturated heterocycles. The van der Waals surface area contributed by atoms with Gasteiger partial charge < -0.3 is 0 Å². The minimum atomic E-state index is -0.730. The van der Waals surface area contributed by atoms with E-state index in [0.717, 1.165) is 40.4 Å². The number of aryl methyl sites for hydroxylation is 2. The number of nitrogens with zero attached hydrogens (tertiary/aromatic N) is 3. The largest absolute Gasteiger partial charge is 0.292 e. The number of nitro groups is 1. The molecule has 3 aliphatic rings. The summed E-state index contributed by atoms with van der Waals surface area (Å²) in [6.07, 6.45) is 2.62. The van der Waals surface area contributed by atoms with Gasteiger partial charge in [0.05, 0.1) is 16.8 Å². The van der Waals surface area contributed by atoms with Gasteiger partial charge in [-0.3, -0.25) is 29.3 Å². The number of carbonyl (C=O) groups is 4. The zero-order valence-corrected chi connectivity index (χ0v) is 19.5. The smallest absolute Gasteiger partial charge is 0.273 e. The van der Waals surface area contributed by atoms with Gasteiger partial charge in [-0.25, -0.2) is 5.01 Å². The van der Waals surface area contributed by atoms with Gasteiger partial charge in [-0.2, -0.15) is 5.01 Å². The molecule has 0 spiro atoms. The number of benzene rings is 2. The van der Waals surface area contributed by atoms with Crippen LogP contribution in [0.1, 0.15) is 51.1 Å². The summed E-state index contributed by atoms with van der Waals surface area (Å²) < 4.78 is 0. The van der Waals surface area contributed by atoms with E-state index in [-0.39, 0.29) is 23.1 Å². The van der Waals surface area contributed by atoms with Gasteiger partial charge in [-0.05, 0) is 74.3 Å². The second kappa shape index (κ2) is 8.41. The van der Waals surface area contributed by atoms with E-state index in [2.05, 4.69) is 0 Å². The molecule has 2 aliphatic carbocycles. The number of rotatable bonds is 6. The number of Topliss-reactive ketones (excluding diaryl/α,β-unsaturated/α-hetero) is 1. The average molecular weight is 476 g/mol. The van der Waals surface area contributed by atoms with Gasteiger partial charge in [-0.15, -0.1) is 0 Å². The molecule has 5 rings (SSSR count). The molecule has 0 N–H and O–H groups in total. The zero-order chi connectivity index (χ0) is 25.0. The highest BCUT2D eigenvalue weighted by Gasteiger charge is 2.62. The first-order chi connectivity index (χ1) is 16.7. The van der Waals surface area contributed by atoms with Crippen molar-refractivity contribution in [2.45, 2.75) is 33.1 Å². The average Bonchev–Trinajstić information content (AvgIpc) is 3.52. The van der Waals surface area contributed by atoms with Gasteiger partial charge in [0.1, 0.15) is 6.54 Å². The Hall–Kier alpha value is -3.88. The van der Waals surface area contributed by atoms with Crippen LogP contribution >= 0.6 is 0 Å². The summed E-state index contributed by atoms with van der Waals surface area (Å²) in [6.45, 7) is 3.30. The molecule has 35 heavy (non-hydrogen) atoms. The molecule has 2 aromatic carbocycles. The molecule has 0 unspecified atom stereocenters. The van der Waals surface area contributed by atoms with Crippen molar-refractivity contribution in [3.8, 4) is 0 Å². The number of amides is 3. The fourth-order valence-corrected chi connectivity index (χ4v) is 5.88. The highest BCUT2D eigenvalue weighted by molar-refractivity contribution is 6.10. The predicted molar refractivity (Wildman–Crippen MR) is 124 cm³/mol. The molecule has 3 fully saturated rings. The van der Waals surface area contributed by atoms with Crippen LogP contribution in [0.4, 0.5) is 5.69 Å². The van der Waals surface area contributed by atoms with Crippen LogP contribution in [0.15, 0.2) is 42.5 Å². The number of non-ortho nitro benzene ring substituents is 1. The summed E-state index contributed by atoms with van der Waals surface area (Å²) in [5.41, 5.74) is 2.13. The van der Waals surface area contributed by atoms with Gasteiger partial charge >= 0.3 is 0 Å². The lowest BCUT2D eigenvalue weighted by atomic mass is 9.81. The molecule has 0 radical (unpaired) electrons. The summed E-state index contributed by atoms with van der Waals surface area (Å²) in [7, 11) is 0. The fourth-order valence-electron chi connectivity index (χ4n) is 5.88. The third-order valence-corrected chi connectivity index (χ3v) is 7.83. The van der Waals surface area contributed by atoms with Gasteiger partial charge in [0.25, 0.3) is 23.4 Å². The first-order valence-corrected chi connectivity index (χ1v) is 11.7. The van der Waals surface area contributed by atoms with Gasteiger partial charge in [0.15, 0.2) is 5.78 Å². The first-order valence-electron chi connectivity index (χ1n) is 11.7. The number of fused-ring (bicyclic) bond motifs is 5. The molecule has 0 aromatic heterocycles. The van der Waals surface area contributed by atoms with Gasteiger partial charge in [0.2, 0.25) is 0 Å². The number of nitro benzene ring substituents is 1. The van der Waals surface area contributed by atoms with Crippen molar-refractivity contribution in [1.29, 1.82) is 0 Å². The fraction of sp³-hybridized carbons (Fsp3) is 0.385. The molecule has 2 saturated carbocycles. The molecule has 1 heterocycles. The third-order valence-electron chi connectivity index (χ3n) is 7.83. The molecular formula is C26H25N3O6. The molecule has 4 atom stereocenters. The maximum Gasteiger partial charge on any atom is 0.273 e. The van der Waals surface area contributed by atoms with Crippen molar-refractivity contribution in [3.63, 3.8) is 0 Å². The second-order valence-corrected chi connectivity index (χ2v) is 9.76. The van der Waals surface area contributed by atoms with Crippen LogP contribution in [0.3, 0.4) is 0 Å². The molecule has 3 amide bonds. The molecule has 2 bridgehead atoms. The Labute approximate surface area is 201 Å². The van der Waals surface area contributed by atoms with Gasteiger partial charge in [-0.1, -0.05) is 12.1 Å². The SMILES string of the molecule is Cc1ccc(C(=O)CN(C(=O)c2ccc([N+](=O)[O-])cc2)N2C(=O)[C@@H]3[C@H]4CC[C@@H](C4)[C@H]3C2=O)cc1C. The number of hydrogen-bond acceptors (Lipinski definition) is 6. The summed E-state index contributed by atoms with van der Waals surface area (Å²) in [5, 5.41) is 12.8. The molecule has 9 heteroatoms. The maximum absolute atomic E-state index is 13.5. The van der Waals surface area contributed by atoms with Crippen LogP contribution in [-0.2, 0) is 9.59 Å². The lowest BCUT2D eigenvalue weighted by Crippen LogP contribution is -2.52. The van der Waals surface area contributed by atoms with E-state index in [1.54, 1.807) is 18.2 Å². The molecule has 2 aromatic rings. The number of carbonyl (C=O) groups excluding carboxylic acids is 4. The summed E-state index contributed by atoms with van der Waals surface area (Å²) >= 11 is 0. The van der Waals surface area contributed by atoms with E-state index in [0.29, 0.717) is 5.56 Å². The van der Waals surface area contributed by atoms with Crippen molar-refractivity contribution >= 4 is 29.2 Å². The normalized spacial score (nSPS) is 24.6. The van der Waals surface area contributed by atoms with Crippen LogP contribution in [0.5, 0.6) is 0 Å². The maximum atomic E-state index is 13.5. The Kier molecular flexibility index (Phi) is 5.50. The van der Waals surface area contributed by atoms with E-state index < -0.39 is 46.8 Å². The summed E-state index contributed by atoms with van der Waals surface area (Å²) in [5.74, 6) is -2.67. The summed E-state index contributed by atoms with van der Waals surface area (Å²) in [4.78, 5) is 64.1. The van der Waals surface area contributed by atoms with Crippen molar-refractivity contribution in [2.75, 3.05) is 6.54 Å². The highest BCUT2D eigenvalue weighted by atomic mass is 16.6. The monoisotopic (exact) mass is 475 g/mol. The zero-order valence-electron chi connectivity index (χ0n) is 19.5. The Morgan fingerprint density at radius 2 is 1.51 bits per heavy atom. The topological polar surface area (TPSA) is 118 Å². The van der Waals surface area contributed by atoms with Crippen LogP contribution < -0.4 is 0 Å². The molecular weight excluding hydrogens is 450 g/mol. The standard InChI is InChI=1S/C26H25N3O6/c1-14-3-4-17(11-15(14)2)21(30)13-27(24(31)16-7-9-20(10-8-16)29(34)35)28-25(32)22-18-5-6-19(12-18)23(22)26(28)33/h3-4,7-11,18-19,22-23H,5-6,12-13H2,1-2H3/t18-,19-,22+,23+/m0/s1. The number of imide groups is 1. The van der Waals surface area contributed by atoms with E-state index in [9.17, 15) is 29.3 Å². The van der Waals surface area contributed by atoms with Crippen molar-refractivity contribution in [1.82, 2.24) is 10.0 Å². The predicted octanol–water partition coefficient (Wildman–Crippen LogP) is 3.48. The Morgan fingerprint density at radius 3 is 2.06 bits per heavy atom. The number of ketones is 1. The minimum absolute atomic E-state index is 0.0455. The minimum Gasteiger partial charge on any atom is -0.292 e. The molecule has 1 aliphatic heterocycles. The van der Waals surface area contributed by atoms with Crippen molar-refractivity contribution in [2.24, 2.45) is 23.7 Å². The lowest BCUT2D eigenvalue weighted by Gasteiger charge is -2.30. The number of hydrogen-bond donors (Lipinski definition) is 0. The third kappa shape index (κ3) is 3.71. The van der Waals surface area contributed by atoms with Crippen LogP contribution in [0.25, 0.3) is 0 Å². The molecule has 180 valence electrons. The summed E-state index contributed by atoms with van der Waals surface area (Å²) in [6, 6.07) is 10.1. The number of hydrazine groups is 1. The Bertz CT molecular complexity index is 1240. The Morgan fingerprint density at radius 1 is 0.943 bits per heavy atom. The lowest BCUT2D eigenvalue weighted by molar-refractivity contribution is -0.384. The highest BCUT2D eigenvalue weighted by Crippen LogP contribution is 2.56. The van der Waals surface area contributed by atoms with Crippen molar-refractivity contribution < 1.29 is 24.1 Å². The van der Waals surface area contributed by atoms with E-state index >= 15 is 0 Å². The second-order valence-electron chi connectivity index (χ2n) is 9.76.